The second kappa shape index (κ2) is 17.3. The highest BCUT2D eigenvalue weighted by atomic mass is 35.5. The molecule has 2 aliphatic heterocycles. The van der Waals surface area contributed by atoms with Crippen LogP contribution in [0.25, 0.3) is 5.57 Å². The van der Waals surface area contributed by atoms with E-state index in [0.29, 0.717) is 66.7 Å². The van der Waals surface area contributed by atoms with Gasteiger partial charge in [-0.25, -0.2) is 4.39 Å². The van der Waals surface area contributed by atoms with Crippen LogP contribution in [-0.4, -0.2) is 83.1 Å². The number of aliphatic carboxylic acids is 1. The quantitative estimate of drug-likeness (QED) is 0.156. The van der Waals surface area contributed by atoms with Crippen LogP contribution in [0.2, 0.25) is 5.02 Å². The van der Waals surface area contributed by atoms with Crippen LogP contribution in [0.15, 0.2) is 79.2 Å². The maximum absolute atomic E-state index is 13.9. The van der Waals surface area contributed by atoms with E-state index in [-0.39, 0.29) is 13.2 Å². The van der Waals surface area contributed by atoms with Crippen LogP contribution in [0.5, 0.6) is 11.5 Å². The average molecular weight is 743 g/mol. The van der Waals surface area contributed by atoms with Crippen molar-refractivity contribution in [3.05, 3.63) is 106 Å². The number of hydrogen-bond donors (Lipinski definition) is 1. The average Bonchev–Trinajstić information content (AvgIpc) is 3.58. The van der Waals surface area contributed by atoms with E-state index < -0.39 is 29.2 Å². The topological polar surface area (TPSA) is 108 Å². The largest absolute Gasteiger partial charge is 0.488 e. The number of pyridine rings is 1. The number of allylic oxidation sites excluding steroid dienone is 2. The van der Waals surface area contributed by atoms with Crippen LogP contribution >= 0.6 is 11.6 Å². The van der Waals surface area contributed by atoms with Gasteiger partial charge in [-0.1, -0.05) is 74.4 Å². The Hall–Kier alpha value is -4.27. The maximum atomic E-state index is 13.9. The highest BCUT2D eigenvalue weighted by Gasteiger charge is 2.49. The normalized spacial score (nSPS) is 23.0. The molecule has 6 rings (SSSR count). The zero-order valence-corrected chi connectivity index (χ0v) is 31.2. The molecule has 1 N–H and O–H groups in total. The predicted molar refractivity (Wildman–Crippen MR) is 203 cm³/mol. The lowest BCUT2D eigenvalue weighted by atomic mass is 9.65. The molecule has 53 heavy (non-hydrogen) atoms. The van der Waals surface area contributed by atoms with Crippen molar-refractivity contribution in [3.63, 3.8) is 0 Å². The van der Waals surface area contributed by atoms with Crippen LogP contribution in [0.4, 0.5) is 4.39 Å². The number of halogens is 2. The number of piperidine rings is 1. The summed E-state index contributed by atoms with van der Waals surface area (Å²) in [5, 5.41) is 19.7. The fourth-order valence-electron chi connectivity index (χ4n) is 7.65. The molecule has 280 valence electrons. The monoisotopic (exact) mass is 742 g/mol. The SMILES string of the molecule is CC1(C)C(c2ccccc2)=CC=CC1(COc1cc(OCc2cncc(C#N)c2)c(CN2CCCC[C@H]2C(=O)O)cc1Cl)OCCCN1CC[C@@H](F)C1. The third-order valence-electron chi connectivity index (χ3n) is 10.8. The summed E-state index contributed by atoms with van der Waals surface area (Å²) in [6, 6.07) is 17.0. The van der Waals surface area contributed by atoms with Gasteiger partial charge in [-0.15, -0.1) is 0 Å². The number of aromatic nitrogens is 1. The van der Waals surface area contributed by atoms with Gasteiger partial charge in [0.1, 0.15) is 48.6 Å². The molecule has 0 bridgehead atoms. The van der Waals surface area contributed by atoms with Gasteiger partial charge in [0.05, 0.1) is 10.6 Å². The summed E-state index contributed by atoms with van der Waals surface area (Å²) in [4.78, 5) is 20.4. The molecule has 9 nitrogen and oxygen atoms in total. The van der Waals surface area contributed by atoms with E-state index in [0.717, 1.165) is 49.1 Å². The molecule has 3 atom stereocenters. The molecule has 0 amide bonds. The minimum atomic E-state index is -0.893. The molecule has 0 radical (unpaired) electrons. The summed E-state index contributed by atoms with van der Waals surface area (Å²) in [7, 11) is 0. The number of benzene rings is 2. The van der Waals surface area contributed by atoms with Crippen LogP contribution in [0.3, 0.4) is 0 Å². The molecular weight excluding hydrogens is 695 g/mol. The standard InChI is InChI=1S/C42H48ClFN4O5/c1-41(2)35(32-10-4-3-5-11-32)12-8-15-42(41,53-19-9-16-47-18-14-34(44)27-47)29-52-39-22-38(51-28-31-20-30(23-45)24-46-25-31)33(21-36(39)43)26-48-17-7-6-13-37(48)40(49)50/h3-5,8,10-12,15,20-22,24-25,34,37H,6-7,9,13-14,16-19,26-29H2,1-2H3,(H,49,50)/t34-,37+,42?/m1/s1. The summed E-state index contributed by atoms with van der Waals surface area (Å²) in [5.41, 5.74) is 2.64. The lowest BCUT2D eigenvalue weighted by Crippen LogP contribution is -2.52. The Kier molecular flexibility index (Phi) is 12.5. The molecule has 0 saturated carbocycles. The minimum Gasteiger partial charge on any atom is -0.488 e. The van der Waals surface area contributed by atoms with Crippen LogP contribution in [0.1, 0.15) is 68.2 Å². The number of carboxylic acids is 1. The molecule has 3 aliphatic rings. The first-order valence-corrected chi connectivity index (χ1v) is 18.8. The summed E-state index contributed by atoms with van der Waals surface area (Å²) < 4.78 is 33.7. The third kappa shape index (κ3) is 9.10. The number of nitrogens with zero attached hydrogens (tertiary/aromatic N) is 4. The summed E-state index contributed by atoms with van der Waals surface area (Å²) in [6.07, 6.45) is 12.2. The van der Waals surface area contributed by atoms with Gasteiger partial charge >= 0.3 is 5.97 Å². The minimum absolute atomic E-state index is 0.132. The zero-order valence-electron chi connectivity index (χ0n) is 30.5. The van der Waals surface area contributed by atoms with Crippen molar-refractivity contribution in [3.8, 4) is 17.6 Å². The molecule has 2 aromatic carbocycles. The molecule has 2 saturated heterocycles. The number of nitriles is 1. The Morgan fingerprint density at radius 2 is 1.92 bits per heavy atom. The van der Waals surface area contributed by atoms with E-state index >= 15 is 0 Å². The Bertz CT molecular complexity index is 1850. The van der Waals surface area contributed by atoms with Crippen molar-refractivity contribution in [2.24, 2.45) is 5.41 Å². The summed E-state index contributed by atoms with van der Waals surface area (Å²) >= 11 is 6.98. The molecule has 2 fully saturated rings. The second-order valence-corrected chi connectivity index (χ2v) is 15.1. The Morgan fingerprint density at radius 1 is 1.09 bits per heavy atom. The molecule has 3 heterocycles. The highest BCUT2D eigenvalue weighted by molar-refractivity contribution is 6.32. The maximum Gasteiger partial charge on any atom is 0.320 e. The van der Waals surface area contributed by atoms with Gasteiger partial charge in [0, 0.05) is 67.8 Å². The second-order valence-electron chi connectivity index (χ2n) is 14.7. The number of carboxylic acid groups (broad SMARTS) is 1. The van der Waals surface area contributed by atoms with Crippen molar-refractivity contribution < 1.29 is 28.5 Å². The summed E-state index contributed by atoms with van der Waals surface area (Å²) in [5.74, 6) is 0.0512. The zero-order chi connectivity index (χ0) is 37.4. The van der Waals surface area contributed by atoms with E-state index in [2.05, 4.69) is 54.1 Å². The molecule has 1 aromatic heterocycles. The lowest BCUT2D eigenvalue weighted by molar-refractivity contribution is -0.144. The first kappa shape index (κ1) is 38.5. The Balaban J connectivity index is 1.28. The smallest absolute Gasteiger partial charge is 0.320 e. The van der Waals surface area contributed by atoms with Gasteiger partial charge < -0.3 is 24.2 Å². The molecule has 1 aliphatic carbocycles. The van der Waals surface area contributed by atoms with Gasteiger partial charge in [-0.2, -0.15) is 5.26 Å². The first-order valence-electron chi connectivity index (χ1n) is 18.4. The van der Waals surface area contributed by atoms with E-state index in [1.165, 1.54) is 6.20 Å². The van der Waals surface area contributed by atoms with Gasteiger partial charge in [0.15, 0.2) is 0 Å². The fourth-order valence-corrected chi connectivity index (χ4v) is 7.89. The molecule has 1 unspecified atom stereocenters. The number of hydrogen-bond acceptors (Lipinski definition) is 8. The van der Waals surface area contributed by atoms with Crippen LogP contribution in [-0.2, 0) is 22.7 Å². The van der Waals surface area contributed by atoms with Crippen LogP contribution < -0.4 is 9.47 Å². The number of ether oxygens (including phenoxy) is 3. The fraction of sp³-hybridized carbons (Fsp3) is 0.452. The molecule has 3 aromatic rings. The van der Waals surface area contributed by atoms with Gasteiger partial charge in [-0.05, 0) is 61.6 Å². The molecule has 0 spiro atoms. The molecular formula is C42H48ClFN4O5. The van der Waals surface area contributed by atoms with Crippen molar-refractivity contribution in [1.82, 2.24) is 14.8 Å². The lowest BCUT2D eigenvalue weighted by Gasteiger charge is -2.47. The first-order chi connectivity index (χ1) is 25.6. The summed E-state index contributed by atoms with van der Waals surface area (Å²) in [6.45, 7) is 7.99. The van der Waals surface area contributed by atoms with Crippen molar-refractivity contribution in [2.75, 3.05) is 39.4 Å². The van der Waals surface area contributed by atoms with E-state index in [1.54, 1.807) is 24.4 Å². The van der Waals surface area contributed by atoms with E-state index in [4.69, 9.17) is 25.8 Å². The van der Waals surface area contributed by atoms with E-state index in [9.17, 15) is 19.6 Å². The predicted octanol–water partition coefficient (Wildman–Crippen LogP) is 7.87. The number of likely N-dealkylation sites (tertiary alicyclic amines) is 2. The third-order valence-corrected chi connectivity index (χ3v) is 11.1. The number of carbonyl (C=O) groups is 1. The van der Waals surface area contributed by atoms with Crippen molar-refractivity contribution in [1.29, 1.82) is 5.26 Å². The van der Waals surface area contributed by atoms with Gasteiger partial charge in [-0.3, -0.25) is 14.7 Å². The number of rotatable bonds is 15. The molecule has 11 heteroatoms. The Morgan fingerprint density at radius 3 is 2.68 bits per heavy atom. The van der Waals surface area contributed by atoms with Crippen molar-refractivity contribution in [2.45, 2.75) is 76.9 Å². The van der Waals surface area contributed by atoms with Crippen molar-refractivity contribution >= 4 is 23.1 Å². The highest BCUT2D eigenvalue weighted by Crippen LogP contribution is 2.49. The van der Waals surface area contributed by atoms with Gasteiger partial charge in [0.25, 0.3) is 0 Å². The Labute approximate surface area is 316 Å². The van der Waals surface area contributed by atoms with Gasteiger partial charge in [0.2, 0.25) is 0 Å². The number of alkyl halides is 1. The van der Waals surface area contributed by atoms with Crippen LogP contribution in [0, 0.1) is 16.7 Å². The van der Waals surface area contributed by atoms with E-state index in [1.807, 2.05) is 29.2 Å².